The topological polar surface area (TPSA) is 54.4 Å². The first-order chi connectivity index (χ1) is 15.3. The zero-order valence-corrected chi connectivity index (χ0v) is 22.1. The van der Waals surface area contributed by atoms with Crippen molar-refractivity contribution < 1.29 is 14.7 Å². The van der Waals surface area contributed by atoms with Crippen LogP contribution in [-0.4, -0.2) is 23.3 Å². The fourth-order valence-electron chi connectivity index (χ4n) is 10.8. The van der Waals surface area contributed by atoms with Crippen molar-refractivity contribution in [3.63, 3.8) is 0 Å². The van der Waals surface area contributed by atoms with Gasteiger partial charge in [0.25, 0.3) is 0 Å². The Hall–Kier alpha value is -0.960. The minimum absolute atomic E-state index is 0.0312. The number of carbonyl (C=O) groups is 2. The average molecular weight is 455 g/mol. The molecule has 3 heteroatoms. The molecule has 0 radical (unpaired) electrons. The SMILES string of the molecule is CC(C)C1=C2C3CCC4C5(C)CCC(O)C(C)(C)C5CCC4(C)C3(C)CCC2(C=O)CC1=O. The lowest BCUT2D eigenvalue weighted by Crippen LogP contribution is -2.65. The molecule has 8 atom stereocenters. The van der Waals surface area contributed by atoms with Crippen molar-refractivity contribution in [1.82, 2.24) is 0 Å². The van der Waals surface area contributed by atoms with E-state index < -0.39 is 5.41 Å². The molecule has 5 rings (SSSR count). The summed E-state index contributed by atoms with van der Waals surface area (Å²) in [6.07, 6.45) is 9.99. The van der Waals surface area contributed by atoms with Gasteiger partial charge in [-0.3, -0.25) is 4.79 Å². The zero-order chi connectivity index (χ0) is 24.2. The van der Waals surface area contributed by atoms with Gasteiger partial charge in [-0.25, -0.2) is 0 Å². The summed E-state index contributed by atoms with van der Waals surface area (Å²) in [7, 11) is 0. The van der Waals surface area contributed by atoms with E-state index in [-0.39, 0.29) is 39.5 Å². The Balaban J connectivity index is 1.61. The van der Waals surface area contributed by atoms with E-state index >= 15 is 0 Å². The maximum absolute atomic E-state index is 13.2. The van der Waals surface area contributed by atoms with Crippen molar-refractivity contribution in [2.75, 3.05) is 0 Å². The molecule has 5 aliphatic carbocycles. The number of allylic oxidation sites excluding steroid dienone is 2. The summed E-state index contributed by atoms with van der Waals surface area (Å²) in [5, 5.41) is 10.9. The Morgan fingerprint density at radius 2 is 1.58 bits per heavy atom. The van der Waals surface area contributed by atoms with Gasteiger partial charge in [0, 0.05) is 6.42 Å². The normalized spacial score (nSPS) is 51.0. The van der Waals surface area contributed by atoms with Gasteiger partial charge in [-0.2, -0.15) is 0 Å². The number of rotatable bonds is 2. The maximum atomic E-state index is 13.2. The van der Waals surface area contributed by atoms with Crippen LogP contribution < -0.4 is 0 Å². The number of carbonyl (C=O) groups excluding carboxylic acids is 2. The highest BCUT2D eigenvalue weighted by atomic mass is 16.3. The summed E-state index contributed by atoms with van der Waals surface area (Å²) in [4.78, 5) is 25.7. The van der Waals surface area contributed by atoms with E-state index in [0.717, 1.165) is 44.0 Å². The predicted molar refractivity (Wildman–Crippen MR) is 131 cm³/mol. The molecular formula is C30H46O3. The minimum atomic E-state index is -0.526. The van der Waals surface area contributed by atoms with Crippen LogP contribution in [0.2, 0.25) is 0 Å². The van der Waals surface area contributed by atoms with Crippen LogP contribution in [-0.2, 0) is 9.59 Å². The van der Waals surface area contributed by atoms with Crippen LogP contribution in [0.25, 0.3) is 0 Å². The number of ketones is 1. The lowest BCUT2D eigenvalue weighted by Gasteiger charge is -2.72. The van der Waals surface area contributed by atoms with E-state index in [1.165, 1.54) is 24.8 Å². The van der Waals surface area contributed by atoms with E-state index in [9.17, 15) is 14.7 Å². The molecule has 5 aliphatic rings. The van der Waals surface area contributed by atoms with Crippen LogP contribution in [0.15, 0.2) is 11.1 Å². The van der Waals surface area contributed by atoms with Crippen LogP contribution in [0.5, 0.6) is 0 Å². The molecule has 184 valence electrons. The van der Waals surface area contributed by atoms with Crippen molar-refractivity contribution in [1.29, 1.82) is 0 Å². The molecule has 0 aliphatic heterocycles. The van der Waals surface area contributed by atoms with Gasteiger partial charge in [-0.15, -0.1) is 0 Å². The fourth-order valence-corrected chi connectivity index (χ4v) is 10.8. The smallest absolute Gasteiger partial charge is 0.160 e. The number of Topliss-reactive ketones (excluding diaryl/α,β-unsaturated/α-hetero) is 1. The molecule has 0 spiro atoms. The van der Waals surface area contributed by atoms with Crippen LogP contribution >= 0.6 is 0 Å². The van der Waals surface area contributed by atoms with Gasteiger partial charge in [0.05, 0.1) is 11.5 Å². The summed E-state index contributed by atoms with van der Waals surface area (Å²) in [6, 6.07) is 0. The number of hydrogen-bond donors (Lipinski definition) is 1. The molecule has 0 amide bonds. The Bertz CT molecular complexity index is 914. The second-order valence-corrected chi connectivity index (χ2v) is 14.3. The number of aliphatic hydroxyl groups is 1. The first kappa shape index (κ1) is 23.8. The predicted octanol–water partition coefficient (Wildman–Crippen LogP) is 6.53. The van der Waals surface area contributed by atoms with Gasteiger partial charge in [-0.05, 0) is 108 Å². The van der Waals surface area contributed by atoms with Crippen molar-refractivity contribution in [3.05, 3.63) is 11.1 Å². The highest BCUT2D eigenvalue weighted by Gasteiger charge is 2.69. The Kier molecular flexibility index (Phi) is 5.08. The van der Waals surface area contributed by atoms with E-state index in [4.69, 9.17) is 0 Å². The standard InChI is InChI=1S/C30H46O3/c1-18(2)24-20(32)16-30(17-31)15-14-28(6)19(25(24)30)8-9-22-27(5)12-11-23(33)26(3,4)21(27)10-13-29(22,28)7/h17-19,21-23,33H,8-16H2,1-7H3. The molecule has 0 bridgehead atoms. The van der Waals surface area contributed by atoms with E-state index in [0.29, 0.717) is 24.2 Å². The molecule has 4 fully saturated rings. The molecule has 4 saturated carbocycles. The van der Waals surface area contributed by atoms with Gasteiger partial charge >= 0.3 is 0 Å². The van der Waals surface area contributed by atoms with Crippen LogP contribution in [0.1, 0.15) is 106 Å². The summed E-state index contributed by atoms with van der Waals surface area (Å²) < 4.78 is 0. The van der Waals surface area contributed by atoms with Gasteiger partial charge in [-0.1, -0.05) is 48.5 Å². The fraction of sp³-hybridized carbons (Fsp3) is 0.867. The number of fused-ring (bicyclic) bond motifs is 7. The third-order valence-electron chi connectivity index (χ3n) is 12.7. The van der Waals surface area contributed by atoms with Crippen molar-refractivity contribution >= 4 is 12.1 Å². The van der Waals surface area contributed by atoms with Gasteiger partial charge in [0.2, 0.25) is 0 Å². The Labute approximate surface area is 201 Å². The molecule has 1 N–H and O–H groups in total. The Morgan fingerprint density at radius 3 is 2.21 bits per heavy atom. The van der Waals surface area contributed by atoms with Gasteiger partial charge < -0.3 is 9.90 Å². The largest absolute Gasteiger partial charge is 0.393 e. The first-order valence-electron chi connectivity index (χ1n) is 13.7. The third kappa shape index (κ3) is 2.72. The van der Waals surface area contributed by atoms with E-state index in [1.54, 1.807) is 0 Å². The number of hydrogen-bond acceptors (Lipinski definition) is 3. The molecule has 0 saturated heterocycles. The van der Waals surface area contributed by atoms with Gasteiger partial charge in [0.15, 0.2) is 5.78 Å². The van der Waals surface area contributed by atoms with Crippen LogP contribution in [0.3, 0.4) is 0 Å². The third-order valence-corrected chi connectivity index (χ3v) is 12.7. The molecule has 33 heavy (non-hydrogen) atoms. The zero-order valence-electron chi connectivity index (χ0n) is 22.1. The molecule has 0 heterocycles. The molecule has 0 aromatic rings. The molecule has 8 unspecified atom stereocenters. The summed E-state index contributed by atoms with van der Waals surface area (Å²) in [5.74, 6) is 1.98. The summed E-state index contributed by atoms with van der Waals surface area (Å²) in [6.45, 7) is 16.5. The monoisotopic (exact) mass is 454 g/mol. The lowest BCUT2D eigenvalue weighted by atomic mass is 9.33. The van der Waals surface area contributed by atoms with Crippen LogP contribution in [0.4, 0.5) is 0 Å². The van der Waals surface area contributed by atoms with E-state index in [2.05, 4.69) is 48.5 Å². The molecule has 0 aromatic carbocycles. The lowest BCUT2D eigenvalue weighted by molar-refractivity contribution is -0.227. The highest BCUT2D eigenvalue weighted by Crippen LogP contribution is 2.76. The van der Waals surface area contributed by atoms with Crippen molar-refractivity contribution in [3.8, 4) is 0 Å². The number of aliphatic hydroxyl groups excluding tert-OH is 1. The average Bonchev–Trinajstić information content (AvgIpc) is 3.04. The second kappa shape index (κ2) is 7.05. The van der Waals surface area contributed by atoms with E-state index in [1.807, 2.05) is 0 Å². The first-order valence-corrected chi connectivity index (χ1v) is 13.7. The maximum Gasteiger partial charge on any atom is 0.160 e. The molecule has 0 aromatic heterocycles. The molecular weight excluding hydrogens is 408 g/mol. The Morgan fingerprint density at radius 1 is 0.879 bits per heavy atom. The highest BCUT2D eigenvalue weighted by molar-refractivity contribution is 6.03. The second-order valence-electron chi connectivity index (χ2n) is 14.3. The minimum Gasteiger partial charge on any atom is -0.393 e. The summed E-state index contributed by atoms with van der Waals surface area (Å²) >= 11 is 0. The quantitative estimate of drug-likeness (QED) is 0.483. The van der Waals surface area contributed by atoms with Crippen molar-refractivity contribution in [2.45, 2.75) is 112 Å². The molecule has 3 nitrogen and oxygen atoms in total. The summed E-state index contributed by atoms with van der Waals surface area (Å²) in [5.41, 5.74) is 2.29. The van der Waals surface area contributed by atoms with Crippen LogP contribution in [0, 0.1) is 50.7 Å². The van der Waals surface area contributed by atoms with Gasteiger partial charge in [0.1, 0.15) is 6.29 Å². The van der Waals surface area contributed by atoms with Crippen molar-refractivity contribution in [2.24, 2.45) is 50.7 Å². The number of aldehydes is 1.